The monoisotopic (exact) mass is 307 g/mol. The molecule has 0 fully saturated rings. The van der Waals surface area contributed by atoms with Gasteiger partial charge in [-0.05, 0) is 50.5 Å². The van der Waals surface area contributed by atoms with Gasteiger partial charge in [-0.3, -0.25) is 4.79 Å². The smallest absolute Gasteiger partial charge is 0.226 e. The van der Waals surface area contributed by atoms with E-state index in [1.165, 1.54) is 0 Å². The summed E-state index contributed by atoms with van der Waals surface area (Å²) in [5.74, 6) is 1.52. The number of amides is 1. The number of benzene rings is 1. The van der Waals surface area contributed by atoms with Crippen molar-refractivity contribution in [3.8, 4) is 11.5 Å². The molecule has 1 aliphatic heterocycles. The van der Waals surface area contributed by atoms with Crippen LogP contribution in [0.25, 0.3) is 0 Å². The zero-order chi connectivity index (χ0) is 15.9. The molecule has 0 unspecified atom stereocenters. The maximum Gasteiger partial charge on any atom is 0.226 e. The number of rotatable bonds is 7. The largest absolute Gasteiger partial charge is 0.497 e. The van der Waals surface area contributed by atoms with Gasteiger partial charge in [-0.1, -0.05) is 0 Å². The van der Waals surface area contributed by atoms with E-state index in [2.05, 4.69) is 5.32 Å². The lowest BCUT2D eigenvalue weighted by molar-refractivity contribution is -0.126. The second-order valence-electron chi connectivity index (χ2n) is 5.75. The summed E-state index contributed by atoms with van der Waals surface area (Å²) in [6.07, 6.45) is 1.73. The molecule has 1 atom stereocenters. The summed E-state index contributed by atoms with van der Waals surface area (Å²) in [6.45, 7) is 5.73. The van der Waals surface area contributed by atoms with Gasteiger partial charge in [-0.2, -0.15) is 0 Å². The third-order valence-corrected chi connectivity index (χ3v) is 3.62. The van der Waals surface area contributed by atoms with Gasteiger partial charge in [0, 0.05) is 13.2 Å². The Labute approximate surface area is 131 Å². The van der Waals surface area contributed by atoms with Crippen molar-refractivity contribution in [1.29, 1.82) is 0 Å². The number of fused-ring (bicyclic) bond motifs is 1. The van der Waals surface area contributed by atoms with E-state index in [0.29, 0.717) is 26.2 Å². The van der Waals surface area contributed by atoms with Gasteiger partial charge in [0.1, 0.15) is 18.1 Å². The van der Waals surface area contributed by atoms with E-state index in [4.69, 9.17) is 14.2 Å². The van der Waals surface area contributed by atoms with Crippen LogP contribution in [0.5, 0.6) is 11.5 Å². The van der Waals surface area contributed by atoms with E-state index in [1.807, 2.05) is 32.0 Å². The molecule has 22 heavy (non-hydrogen) atoms. The van der Waals surface area contributed by atoms with E-state index in [-0.39, 0.29) is 17.9 Å². The number of hydrogen-bond acceptors (Lipinski definition) is 4. The number of methoxy groups -OCH3 is 1. The Hall–Kier alpha value is -1.75. The third kappa shape index (κ3) is 4.63. The molecule has 1 aliphatic rings. The number of ether oxygens (including phenoxy) is 3. The minimum absolute atomic E-state index is 0.0398. The lowest BCUT2D eigenvalue weighted by Gasteiger charge is -2.25. The Morgan fingerprint density at radius 2 is 2.27 bits per heavy atom. The fourth-order valence-electron chi connectivity index (χ4n) is 2.41. The predicted octanol–water partition coefficient (Wildman–Crippen LogP) is 2.18. The average Bonchev–Trinajstić information content (AvgIpc) is 2.52. The molecule has 2 rings (SSSR count). The van der Waals surface area contributed by atoms with Crippen molar-refractivity contribution < 1.29 is 19.0 Å². The summed E-state index contributed by atoms with van der Waals surface area (Å²) in [5.41, 5.74) is 1.02. The van der Waals surface area contributed by atoms with Gasteiger partial charge in [-0.15, -0.1) is 0 Å². The first-order chi connectivity index (χ1) is 10.6. The molecule has 0 spiro atoms. The Bertz CT molecular complexity index is 501. The molecule has 0 saturated carbocycles. The standard InChI is InChI=1S/C17H25NO4/c1-12(2)21-8-4-7-18-17(19)14-9-13-10-15(20-3)5-6-16(13)22-11-14/h5-6,10,12,14H,4,7-9,11H2,1-3H3,(H,18,19)/t14-/m0/s1. The summed E-state index contributed by atoms with van der Waals surface area (Å²) in [5, 5.41) is 2.96. The van der Waals surface area contributed by atoms with Crippen LogP contribution in [0.3, 0.4) is 0 Å². The van der Waals surface area contributed by atoms with E-state index in [0.717, 1.165) is 23.5 Å². The molecule has 0 radical (unpaired) electrons. The van der Waals surface area contributed by atoms with Crippen molar-refractivity contribution >= 4 is 5.91 Å². The minimum atomic E-state index is -0.148. The molecule has 122 valence electrons. The highest BCUT2D eigenvalue weighted by atomic mass is 16.5. The highest BCUT2D eigenvalue weighted by molar-refractivity contribution is 5.79. The zero-order valence-corrected chi connectivity index (χ0v) is 13.6. The van der Waals surface area contributed by atoms with Crippen molar-refractivity contribution in [3.63, 3.8) is 0 Å². The van der Waals surface area contributed by atoms with Gasteiger partial charge < -0.3 is 19.5 Å². The second kappa shape index (κ2) is 8.03. The Kier molecular flexibility index (Phi) is 6.07. The van der Waals surface area contributed by atoms with E-state index in [9.17, 15) is 4.79 Å². The maximum atomic E-state index is 12.2. The van der Waals surface area contributed by atoms with E-state index >= 15 is 0 Å². The minimum Gasteiger partial charge on any atom is -0.497 e. The number of nitrogens with one attached hydrogen (secondary N) is 1. The van der Waals surface area contributed by atoms with Crippen molar-refractivity contribution in [3.05, 3.63) is 23.8 Å². The molecular weight excluding hydrogens is 282 g/mol. The second-order valence-corrected chi connectivity index (χ2v) is 5.75. The molecule has 1 aromatic rings. The first-order valence-corrected chi connectivity index (χ1v) is 7.79. The molecule has 5 nitrogen and oxygen atoms in total. The van der Waals surface area contributed by atoms with Crippen LogP contribution in [0.1, 0.15) is 25.8 Å². The van der Waals surface area contributed by atoms with Crippen molar-refractivity contribution in [2.24, 2.45) is 5.92 Å². The summed E-state index contributed by atoms with van der Waals surface area (Å²) in [4.78, 5) is 12.2. The molecular formula is C17H25NO4. The molecule has 0 aliphatic carbocycles. The highest BCUT2D eigenvalue weighted by Crippen LogP contribution is 2.30. The number of carbonyl (C=O) groups excluding carboxylic acids is 1. The lowest BCUT2D eigenvalue weighted by Crippen LogP contribution is -2.38. The first-order valence-electron chi connectivity index (χ1n) is 7.79. The van der Waals surface area contributed by atoms with Crippen LogP contribution < -0.4 is 14.8 Å². The topological polar surface area (TPSA) is 56.8 Å². The van der Waals surface area contributed by atoms with Crippen LogP contribution in [-0.2, 0) is 16.0 Å². The maximum absolute atomic E-state index is 12.2. The predicted molar refractivity (Wildman–Crippen MR) is 84.4 cm³/mol. The molecule has 0 aromatic heterocycles. The van der Waals surface area contributed by atoms with Gasteiger partial charge >= 0.3 is 0 Å². The molecule has 1 heterocycles. The van der Waals surface area contributed by atoms with Crippen LogP contribution in [-0.4, -0.2) is 38.9 Å². The van der Waals surface area contributed by atoms with E-state index < -0.39 is 0 Å². The quantitative estimate of drug-likeness (QED) is 0.785. The molecule has 1 aromatic carbocycles. The summed E-state index contributed by atoms with van der Waals surface area (Å²) >= 11 is 0. The van der Waals surface area contributed by atoms with Crippen molar-refractivity contribution in [1.82, 2.24) is 5.32 Å². The molecule has 1 amide bonds. The van der Waals surface area contributed by atoms with Crippen LogP contribution >= 0.6 is 0 Å². The Morgan fingerprint density at radius 3 is 3.00 bits per heavy atom. The van der Waals surface area contributed by atoms with Crippen LogP contribution in [0.2, 0.25) is 0 Å². The fourth-order valence-corrected chi connectivity index (χ4v) is 2.41. The first kappa shape index (κ1) is 16.6. The van der Waals surface area contributed by atoms with Gasteiger partial charge in [0.2, 0.25) is 5.91 Å². The number of hydrogen-bond donors (Lipinski definition) is 1. The zero-order valence-electron chi connectivity index (χ0n) is 13.6. The van der Waals surface area contributed by atoms with Crippen molar-refractivity contribution in [2.45, 2.75) is 32.8 Å². The highest BCUT2D eigenvalue weighted by Gasteiger charge is 2.26. The average molecular weight is 307 g/mol. The summed E-state index contributed by atoms with van der Waals surface area (Å²) < 4.78 is 16.3. The molecule has 0 bridgehead atoms. The van der Waals surface area contributed by atoms with Gasteiger partial charge in [-0.25, -0.2) is 0 Å². The van der Waals surface area contributed by atoms with Crippen LogP contribution in [0, 0.1) is 5.92 Å². The van der Waals surface area contributed by atoms with Gasteiger partial charge in [0.25, 0.3) is 0 Å². The normalized spacial score (nSPS) is 16.8. The Balaban J connectivity index is 1.80. The van der Waals surface area contributed by atoms with Gasteiger partial charge in [0.15, 0.2) is 0 Å². The van der Waals surface area contributed by atoms with E-state index in [1.54, 1.807) is 7.11 Å². The molecule has 0 saturated heterocycles. The van der Waals surface area contributed by atoms with Crippen LogP contribution in [0.4, 0.5) is 0 Å². The lowest BCUT2D eigenvalue weighted by atomic mass is 9.96. The fraction of sp³-hybridized carbons (Fsp3) is 0.588. The van der Waals surface area contributed by atoms with Gasteiger partial charge in [0.05, 0.1) is 19.1 Å². The molecule has 1 N–H and O–H groups in total. The third-order valence-electron chi connectivity index (χ3n) is 3.62. The molecule has 5 heteroatoms. The Morgan fingerprint density at radius 1 is 1.45 bits per heavy atom. The summed E-state index contributed by atoms with van der Waals surface area (Å²) in [6, 6.07) is 5.70. The summed E-state index contributed by atoms with van der Waals surface area (Å²) in [7, 11) is 1.63. The number of carbonyl (C=O) groups is 1. The SMILES string of the molecule is COc1ccc2c(c1)C[C@H](C(=O)NCCCOC(C)C)CO2. The van der Waals surface area contributed by atoms with Crippen molar-refractivity contribution in [2.75, 3.05) is 26.9 Å². The van der Waals surface area contributed by atoms with Crippen LogP contribution in [0.15, 0.2) is 18.2 Å².